The Bertz CT molecular complexity index is 7290. The van der Waals surface area contributed by atoms with E-state index in [-0.39, 0.29) is 23.9 Å². The Labute approximate surface area is 663 Å². The van der Waals surface area contributed by atoms with Crippen LogP contribution in [-0.4, -0.2) is 42.0 Å². The number of hydrogen-bond donors (Lipinski definition) is 0. The molecule has 0 N–H and O–H groups in total. The summed E-state index contributed by atoms with van der Waals surface area (Å²) in [5, 5.41) is 7.03. The zero-order valence-corrected chi connectivity index (χ0v) is 62.8. The maximum atomic E-state index is 6.90. The van der Waals surface area contributed by atoms with E-state index >= 15 is 0 Å². The molecule has 0 saturated carbocycles. The highest BCUT2D eigenvalue weighted by atomic mass is 32.1. The molecule has 4 unspecified atom stereocenters. The number of anilines is 4. The van der Waals surface area contributed by atoms with E-state index in [9.17, 15) is 0 Å². The standard InChI is InChI=1S/2C51H32N4OS/c1-3-13-31(14-4-1)32-15-11-16-33(29-32)49-52-50(34-25-28-45-40(30-34)36-19-8-10-24-44(36)57-45)54-51(53-49)39-22-12-21-38-47-43(56-48(38)39)27-26-42-46(47)37-20-7-9-23-41(37)55(42)35-17-5-2-6-18-35;1-3-12-31(13-4-1)32-22-24-33(25-23-32)49-52-50(34-26-29-45-40(30-34)36-16-8-10-21-44(36)57-45)54-51(53-49)39-19-11-18-38-47-43(56-48(38)39)28-27-42-46(47)37-17-7-9-20-41(37)55(42)35-14-5-2-6-15-35/h2*1-30,42,46H. The third kappa shape index (κ3) is 10.9. The van der Waals surface area contributed by atoms with E-state index in [0.29, 0.717) is 34.9 Å². The monoisotopic (exact) mass is 1500 g/mol. The lowest BCUT2D eigenvalue weighted by Crippen LogP contribution is -2.30. The summed E-state index contributed by atoms with van der Waals surface area (Å²) >= 11 is 3.61. The average Bonchev–Trinajstić information content (AvgIpc) is 1.56. The van der Waals surface area contributed by atoms with Gasteiger partial charge in [-0.25, -0.2) is 29.9 Å². The largest absolute Gasteiger partial charge is 0.456 e. The second-order valence-corrected chi connectivity index (χ2v) is 31.6. The smallest absolute Gasteiger partial charge is 0.167 e. The Morgan fingerprint density at radius 2 is 0.596 bits per heavy atom. The number of aromatic nitrogens is 6. The second-order valence-electron chi connectivity index (χ2n) is 29.4. The molecule has 0 radical (unpaired) electrons. The first kappa shape index (κ1) is 65.6. The predicted octanol–water partition coefficient (Wildman–Crippen LogP) is 26.7. The Morgan fingerprint density at radius 3 is 1.09 bits per heavy atom. The summed E-state index contributed by atoms with van der Waals surface area (Å²) in [6, 6.07) is 120. The van der Waals surface area contributed by atoms with Crippen LogP contribution in [0.2, 0.25) is 0 Å². The summed E-state index contributed by atoms with van der Waals surface area (Å²) in [4.78, 5) is 36.2. The topological polar surface area (TPSA) is 110 Å². The molecule has 0 spiro atoms. The van der Waals surface area contributed by atoms with E-state index < -0.39 is 0 Å². The SMILES string of the molecule is C1=CC2C(c3ccccc3N2c2ccccc2)c2c1oc1c(-c3nc(-c4ccc(-c5ccccc5)cc4)nc(-c4ccc5sc6ccccc6c5c4)n3)cccc21.C1=CC2C(c3ccccc3N2c2ccccc2)c2c1oc1c(-c3nc(-c4cccc(-c5ccccc5)c4)nc(-c4ccc5sc6ccccc6c5c4)n3)cccc21. The van der Waals surface area contributed by atoms with Crippen molar-refractivity contribution >= 4 is 120 Å². The van der Waals surface area contributed by atoms with Gasteiger partial charge in [0.25, 0.3) is 0 Å². The number of rotatable bonds is 10. The highest BCUT2D eigenvalue weighted by molar-refractivity contribution is 7.26. The van der Waals surface area contributed by atoms with Gasteiger partial charge < -0.3 is 18.6 Å². The maximum absolute atomic E-state index is 6.90. The molecule has 0 bridgehead atoms. The van der Waals surface area contributed by atoms with Gasteiger partial charge in [0.15, 0.2) is 34.9 Å². The van der Waals surface area contributed by atoms with Gasteiger partial charge in [0.2, 0.25) is 0 Å². The molecule has 2 aliphatic heterocycles. The zero-order valence-electron chi connectivity index (χ0n) is 61.2. The van der Waals surface area contributed by atoms with Gasteiger partial charge in [0, 0.05) is 119 Å². The summed E-state index contributed by atoms with van der Waals surface area (Å²) in [5.74, 6) is 5.56. The van der Waals surface area contributed by atoms with Gasteiger partial charge >= 0.3 is 0 Å². The van der Waals surface area contributed by atoms with Crippen LogP contribution in [-0.2, 0) is 0 Å². The van der Waals surface area contributed by atoms with Crippen LogP contribution in [0.4, 0.5) is 22.7 Å². The lowest BCUT2D eigenvalue weighted by atomic mass is 9.82. The minimum Gasteiger partial charge on any atom is -0.456 e. The number of nitrogens with zero attached hydrogens (tertiary/aromatic N) is 8. The highest BCUT2D eigenvalue weighted by Gasteiger charge is 2.45. The Kier molecular flexibility index (Phi) is 15.4. The molecule has 4 atom stereocenters. The molecular formula is C102H64N8O2S2. The first-order valence-corrected chi connectivity index (χ1v) is 40.2. The molecule has 10 nitrogen and oxygen atoms in total. The number of para-hydroxylation sites is 6. The number of fused-ring (bicyclic) bond motifs is 20. The Morgan fingerprint density at radius 1 is 0.254 bits per heavy atom. The van der Waals surface area contributed by atoms with Crippen molar-refractivity contribution in [1.82, 2.24) is 29.9 Å². The number of furan rings is 2. The minimum absolute atomic E-state index is 0.0928. The van der Waals surface area contributed by atoms with Crippen molar-refractivity contribution in [2.75, 3.05) is 9.80 Å². The molecule has 114 heavy (non-hydrogen) atoms. The average molecular weight is 1500 g/mol. The van der Waals surface area contributed by atoms with Crippen molar-refractivity contribution in [2.24, 2.45) is 0 Å². The van der Waals surface area contributed by atoms with Crippen LogP contribution in [0.3, 0.4) is 0 Å². The van der Waals surface area contributed by atoms with Gasteiger partial charge in [-0.2, -0.15) is 0 Å². The highest BCUT2D eigenvalue weighted by Crippen LogP contribution is 2.57. The van der Waals surface area contributed by atoms with E-state index in [1.54, 1.807) is 22.7 Å². The Hall–Kier alpha value is -14.3. The van der Waals surface area contributed by atoms with Gasteiger partial charge in [0.1, 0.15) is 22.7 Å². The summed E-state index contributed by atoms with van der Waals surface area (Å²) < 4.78 is 18.8. The molecule has 20 aromatic rings. The fourth-order valence-electron chi connectivity index (χ4n) is 17.9. The van der Waals surface area contributed by atoms with E-state index in [4.69, 9.17) is 38.7 Å². The first-order valence-electron chi connectivity index (χ1n) is 38.5. The summed E-state index contributed by atoms with van der Waals surface area (Å²) in [5.41, 5.74) is 21.3. The van der Waals surface area contributed by atoms with Crippen LogP contribution >= 0.6 is 22.7 Å². The summed E-state index contributed by atoms with van der Waals surface area (Å²) in [6.07, 6.45) is 8.90. The lowest BCUT2D eigenvalue weighted by molar-refractivity contribution is 0.584. The van der Waals surface area contributed by atoms with Gasteiger partial charge in [-0.1, -0.05) is 249 Å². The quantitative estimate of drug-likeness (QED) is 0.131. The van der Waals surface area contributed by atoms with Crippen LogP contribution in [0, 0.1) is 0 Å². The number of benzene rings is 14. The molecule has 0 saturated heterocycles. The van der Waals surface area contributed by atoms with Crippen molar-refractivity contribution in [1.29, 1.82) is 0 Å². The first-order chi connectivity index (χ1) is 56.5. The Balaban J connectivity index is 0.000000135. The van der Waals surface area contributed by atoms with Crippen LogP contribution in [0.5, 0.6) is 0 Å². The molecule has 12 heteroatoms. The fraction of sp³-hybridized carbons (Fsp3) is 0.0392. The normalized spacial score (nSPS) is 15.6. The van der Waals surface area contributed by atoms with E-state index in [2.05, 4.69) is 362 Å². The summed E-state index contributed by atoms with van der Waals surface area (Å²) in [7, 11) is 0. The van der Waals surface area contributed by atoms with Crippen LogP contribution in [0.15, 0.2) is 361 Å². The third-order valence-electron chi connectivity index (χ3n) is 23.0. The van der Waals surface area contributed by atoms with Crippen molar-refractivity contribution in [3.05, 3.63) is 386 Å². The minimum atomic E-state index is 0.0928. The zero-order chi connectivity index (χ0) is 74.9. The lowest BCUT2D eigenvalue weighted by Gasteiger charge is -2.30. The molecule has 536 valence electrons. The van der Waals surface area contributed by atoms with Gasteiger partial charge in [-0.05, 0) is 149 Å². The maximum Gasteiger partial charge on any atom is 0.167 e. The van der Waals surface area contributed by atoms with E-state index in [1.807, 2.05) is 12.1 Å². The molecule has 8 heterocycles. The molecule has 4 aliphatic rings. The second kappa shape index (κ2) is 26.7. The van der Waals surface area contributed by atoms with Crippen LogP contribution in [0.25, 0.3) is 165 Å². The molecule has 0 fully saturated rings. The van der Waals surface area contributed by atoms with Gasteiger partial charge in [0.05, 0.1) is 23.2 Å². The summed E-state index contributed by atoms with van der Waals surface area (Å²) in [6.45, 7) is 0. The number of hydrogen-bond acceptors (Lipinski definition) is 12. The van der Waals surface area contributed by atoms with E-state index in [0.717, 1.165) is 83.5 Å². The van der Waals surface area contributed by atoms with Crippen molar-refractivity contribution in [2.45, 2.75) is 23.9 Å². The molecule has 0 amide bonds. The van der Waals surface area contributed by atoms with E-state index in [1.165, 1.54) is 90.9 Å². The fourth-order valence-corrected chi connectivity index (χ4v) is 20.0. The van der Waals surface area contributed by atoms with Crippen molar-refractivity contribution < 1.29 is 8.83 Å². The molecular weight excluding hydrogens is 1430 g/mol. The third-order valence-corrected chi connectivity index (χ3v) is 25.3. The predicted molar refractivity (Wildman–Crippen MR) is 468 cm³/mol. The van der Waals surface area contributed by atoms with Crippen molar-refractivity contribution in [3.8, 4) is 90.6 Å². The number of thiophene rings is 2. The molecule has 6 aromatic heterocycles. The van der Waals surface area contributed by atoms with Crippen LogP contribution < -0.4 is 9.80 Å². The van der Waals surface area contributed by atoms with Gasteiger partial charge in [-0.3, -0.25) is 0 Å². The van der Waals surface area contributed by atoms with Crippen molar-refractivity contribution in [3.63, 3.8) is 0 Å². The molecule has 14 aromatic carbocycles. The van der Waals surface area contributed by atoms with Crippen LogP contribution in [0.1, 0.15) is 45.6 Å². The molecule has 2 aliphatic carbocycles. The molecule has 24 rings (SSSR count). The van der Waals surface area contributed by atoms with Gasteiger partial charge in [-0.15, -0.1) is 22.7 Å².